The van der Waals surface area contributed by atoms with Crippen LogP contribution in [0.25, 0.3) is 37.9 Å². The molecule has 2 aliphatic rings. The standard InChI is InChI=1S/C55H69N13O8S2/c1-34(2)60-43-28-44(45-13-12-40-26-37(29-56)30-59-68(40)45)57-31-42(43)52-63-64-54(78-52)66-18-16-65(17-19-66)48(71)15-21-75-23-25-76-24-22-74-20-14-47(70)62-50(55(5,6)7)53(73)67-32-41(69)27-46(67)51(72)61-35(3)38-8-10-39(11-9-38)49-36(4)58-33-77-49/h8-13,26,28,30-31,33-35,41,46,50,69H,14-25,27,32H2,1-7H3,(H,57,60)(H,61,72)(H,62,70)/t35-,41+,46-,50+/m0/s1. The van der Waals surface area contributed by atoms with Gasteiger partial charge in [0.1, 0.15) is 18.2 Å². The van der Waals surface area contributed by atoms with Crippen LogP contribution in [0.15, 0.2) is 66.4 Å². The molecular formula is C55H69N13O8S2. The van der Waals surface area contributed by atoms with E-state index in [1.165, 1.54) is 22.4 Å². The van der Waals surface area contributed by atoms with E-state index in [1.54, 1.807) is 28.1 Å². The molecule has 7 heterocycles. The maximum absolute atomic E-state index is 14.1. The minimum absolute atomic E-state index is 0.00556. The summed E-state index contributed by atoms with van der Waals surface area (Å²) in [5, 5.41) is 44.4. The van der Waals surface area contributed by atoms with Crippen molar-refractivity contribution in [3.8, 4) is 38.5 Å². The number of nitrogens with zero attached hydrogens (tertiary/aromatic N) is 10. The number of aliphatic hydroxyl groups excluding tert-OH is 1. The minimum atomic E-state index is -0.951. The highest BCUT2D eigenvalue weighted by Crippen LogP contribution is 2.37. The van der Waals surface area contributed by atoms with E-state index in [4.69, 9.17) is 19.2 Å². The third-order valence-corrected chi connectivity index (χ3v) is 15.5. The Balaban J connectivity index is 0.693. The van der Waals surface area contributed by atoms with Crippen molar-refractivity contribution >= 4 is 62.6 Å². The first kappa shape index (κ1) is 57.2. The Kier molecular flexibility index (Phi) is 19.2. The fraction of sp³-hybridized carbons (Fsp3) is 0.491. The second-order valence-electron chi connectivity index (χ2n) is 20.8. The average Bonchev–Trinajstić information content (AvgIpc) is 4.26. The predicted octanol–water partition coefficient (Wildman–Crippen LogP) is 5.89. The molecule has 0 spiro atoms. The number of carbonyl (C=O) groups excluding carboxylic acids is 4. The number of aromatic nitrogens is 6. The maximum atomic E-state index is 14.1. The topological polar surface area (TPSA) is 255 Å². The van der Waals surface area contributed by atoms with E-state index in [1.807, 2.05) is 87.5 Å². The van der Waals surface area contributed by atoms with Crippen LogP contribution in [0.1, 0.15) is 83.7 Å². The molecule has 1 aromatic carbocycles. The Morgan fingerprint density at radius 3 is 2.24 bits per heavy atom. The summed E-state index contributed by atoms with van der Waals surface area (Å²) in [4.78, 5) is 69.5. The molecule has 78 heavy (non-hydrogen) atoms. The number of piperazine rings is 1. The van der Waals surface area contributed by atoms with Crippen molar-refractivity contribution in [1.29, 1.82) is 5.26 Å². The molecular weight excluding hydrogens is 1030 g/mol. The van der Waals surface area contributed by atoms with Crippen LogP contribution in [0.2, 0.25) is 0 Å². The molecule has 4 atom stereocenters. The van der Waals surface area contributed by atoms with Gasteiger partial charge in [0, 0.05) is 63.5 Å². The van der Waals surface area contributed by atoms with E-state index >= 15 is 0 Å². The molecule has 2 saturated heterocycles. The van der Waals surface area contributed by atoms with E-state index in [0.29, 0.717) is 45.0 Å². The number of aliphatic hydroxyl groups is 1. The predicted molar refractivity (Wildman–Crippen MR) is 298 cm³/mol. The van der Waals surface area contributed by atoms with Gasteiger partial charge in [-0.1, -0.05) is 56.4 Å². The number of amides is 4. The zero-order valence-electron chi connectivity index (χ0n) is 45.2. The Labute approximate surface area is 462 Å². The molecule has 2 aliphatic heterocycles. The molecule has 5 aromatic heterocycles. The molecule has 8 rings (SSSR count). The van der Waals surface area contributed by atoms with Crippen molar-refractivity contribution in [2.24, 2.45) is 5.41 Å². The van der Waals surface area contributed by atoms with Gasteiger partial charge >= 0.3 is 0 Å². The minimum Gasteiger partial charge on any atom is -0.391 e. The van der Waals surface area contributed by atoms with Crippen LogP contribution >= 0.6 is 22.7 Å². The molecule has 2 fully saturated rings. The van der Waals surface area contributed by atoms with Crippen LogP contribution in [0.4, 0.5) is 10.8 Å². The maximum Gasteiger partial charge on any atom is 0.246 e. The normalized spacial score (nSPS) is 16.6. The summed E-state index contributed by atoms with van der Waals surface area (Å²) < 4.78 is 18.7. The largest absolute Gasteiger partial charge is 0.391 e. The lowest BCUT2D eigenvalue weighted by molar-refractivity contribution is -0.144. The summed E-state index contributed by atoms with van der Waals surface area (Å²) in [6, 6.07) is 15.6. The van der Waals surface area contributed by atoms with Crippen molar-refractivity contribution < 1.29 is 38.5 Å². The van der Waals surface area contributed by atoms with Gasteiger partial charge in [0.2, 0.25) is 28.8 Å². The zero-order chi connectivity index (χ0) is 55.5. The Bertz CT molecular complexity index is 3070. The number of β-amino-alcohol motifs (C(OH)–C–C–N with tert-alkyl or cyclic N) is 1. The number of thiazole rings is 1. The van der Waals surface area contributed by atoms with Crippen molar-refractivity contribution in [2.75, 3.05) is 82.6 Å². The Morgan fingerprint density at radius 1 is 0.872 bits per heavy atom. The van der Waals surface area contributed by atoms with Crippen LogP contribution in [-0.4, -0.2) is 165 Å². The highest BCUT2D eigenvalue weighted by molar-refractivity contribution is 7.18. The highest BCUT2D eigenvalue weighted by atomic mass is 32.1. The number of fused-ring (bicyclic) bond motifs is 1. The lowest BCUT2D eigenvalue weighted by atomic mass is 9.85. The number of benzene rings is 1. The van der Waals surface area contributed by atoms with Crippen molar-refractivity contribution in [3.05, 3.63) is 83.3 Å². The summed E-state index contributed by atoms with van der Waals surface area (Å²) in [6.07, 6.45) is 2.80. The number of likely N-dealkylation sites (tertiary alicyclic amines) is 1. The van der Waals surface area contributed by atoms with E-state index in [-0.39, 0.29) is 82.0 Å². The Morgan fingerprint density at radius 2 is 1.58 bits per heavy atom. The highest BCUT2D eigenvalue weighted by Gasteiger charge is 2.44. The molecule has 0 aliphatic carbocycles. The summed E-state index contributed by atoms with van der Waals surface area (Å²) in [5.74, 6) is -1.17. The van der Waals surface area contributed by atoms with E-state index < -0.39 is 29.5 Å². The lowest BCUT2D eigenvalue weighted by Gasteiger charge is -2.35. The molecule has 414 valence electrons. The first-order chi connectivity index (χ1) is 37.5. The van der Waals surface area contributed by atoms with Gasteiger partial charge in [0.15, 0.2) is 5.01 Å². The number of rotatable bonds is 23. The third kappa shape index (κ3) is 14.4. The van der Waals surface area contributed by atoms with Crippen LogP contribution < -0.4 is 20.9 Å². The summed E-state index contributed by atoms with van der Waals surface area (Å²) >= 11 is 3.05. The number of hydrogen-bond donors (Lipinski definition) is 4. The van der Waals surface area contributed by atoms with Gasteiger partial charge in [-0.15, -0.1) is 21.5 Å². The molecule has 4 amide bonds. The van der Waals surface area contributed by atoms with Crippen molar-refractivity contribution in [1.82, 2.24) is 50.2 Å². The fourth-order valence-corrected chi connectivity index (χ4v) is 11.1. The number of hydrogen-bond acceptors (Lipinski definition) is 18. The van der Waals surface area contributed by atoms with Crippen LogP contribution in [-0.2, 0) is 33.4 Å². The van der Waals surface area contributed by atoms with Crippen molar-refractivity contribution in [3.63, 3.8) is 0 Å². The number of aryl methyl sites for hydroxylation is 1. The molecule has 4 N–H and O–H groups in total. The number of carbonyl (C=O) groups is 4. The first-order valence-electron chi connectivity index (χ1n) is 26.3. The van der Waals surface area contributed by atoms with E-state index in [0.717, 1.165) is 60.0 Å². The van der Waals surface area contributed by atoms with Crippen LogP contribution in [0, 0.1) is 23.7 Å². The van der Waals surface area contributed by atoms with Gasteiger partial charge < -0.3 is 50.0 Å². The molecule has 23 heteroatoms. The molecule has 0 unspecified atom stereocenters. The summed E-state index contributed by atoms with van der Waals surface area (Å²) in [6.45, 7) is 17.3. The van der Waals surface area contributed by atoms with Gasteiger partial charge in [-0.2, -0.15) is 10.4 Å². The lowest BCUT2D eigenvalue weighted by Crippen LogP contribution is -2.58. The first-order valence-corrected chi connectivity index (χ1v) is 28.0. The molecule has 6 aromatic rings. The SMILES string of the molecule is Cc1ncsc1-c1ccc([C@H](C)NC(=O)[C@@H]2C[C@@H](O)CN2C(=O)[C@@H](NC(=O)CCOCCOCCOCCC(=O)N2CCN(c3nnc(-c4cnc(-c5ccc6cc(C#N)cnn56)cc4NC(C)C)s3)CC2)C(C)(C)C)cc1. The second-order valence-corrected chi connectivity index (χ2v) is 22.6. The average molecular weight is 1100 g/mol. The monoisotopic (exact) mass is 1100 g/mol. The van der Waals surface area contributed by atoms with E-state index in [2.05, 4.69) is 61.0 Å². The van der Waals surface area contributed by atoms with Gasteiger partial charge in [-0.05, 0) is 68.5 Å². The molecule has 0 bridgehead atoms. The Hall–Kier alpha value is -6.94. The summed E-state index contributed by atoms with van der Waals surface area (Å²) in [7, 11) is 0. The van der Waals surface area contributed by atoms with Crippen molar-refractivity contribution in [2.45, 2.75) is 98.0 Å². The number of nitriles is 1. The number of anilines is 2. The number of pyridine rings is 1. The third-order valence-electron chi connectivity index (χ3n) is 13.5. The fourth-order valence-electron chi connectivity index (χ4n) is 9.32. The quantitative estimate of drug-likeness (QED) is 0.0546. The van der Waals surface area contributed by atoms with Gasteiger partial charge in [-0.3, -0.25) is 24.2 Å². The zero-order valence-corrected chi connectivity index (χ0v) is 46.9. The smallest absolute Gasteiger partial charge is 0.246 e. The summed E-state index contributed by atoms with van der Waals surface area (Å²) in [5.41, 5.74) is 8.52. The van der Waals surface area contributed by atoms with Gasteiger partial charge in [-0.25, -0.2) is 9.50 Å². The molecule has 21 nitrogen and oxygen atoms in total. The van der Waals surface area contributed by atoms with Crippen LogP contribution in [0.3, 0.4) is 0 Å². The molecule has 0 saturated carbocycles. The second kappa shape index (κ2) is 26.1. The number of nitrogens with one attached hydrogen (secondary N) is 3. The van der Waals surface area contributed by atoms with Gasteiger partial charge in [0.25, 0.3) is 0 Å². The van der Waals surface area contributed by atoms with Crippen LogP contribution in [0.5, 0.6) is 0 Å². The van der Waals surface area contributed by atoms with E-state index in [9.17, 15) is 29.5 Å². The number of ether oxygens (including phenoxy) is 3. The molecule has 0 radical (unpaired) electrons. The van der Waals surface area contributed by atoms with Gasteiger partial charge in [0.05, 0.1) is 109 Å².